The molecule has 0 bridgehead atoms. The second-order valence-electron chi connectivity index (χ2n) is 5.72. The third-order valence-electron chi connectivity index (χ3n) is 3.87. The number of likely N-dealkylation sites (tertiary alicyclic amines) is 1. The van der Waals surface area contributed by atoms with E-state index in [4.69, 9.17) is 0 Å². The number of rotatable bonds is 6. The van der Waals surface area contributed by atoms with Gasteiger partial charge in [-0.25, -0.2) is 4.98 Å². The number of hydrogen-bond donors (Lipinski definition) is 3. The smallest absolute Gasteiger partial charge is 0.226 e. The van der Waals surface area contributed by atoms with Crippen molar-refractivity contribution in [1.29, 1.82) is 0 Å². The van der Waals surface area contributed by atoms with E-state index >= 15 is 0 Å². The first-order valence-electron chi connectivity index (χ1n) is 7.63. The van der Waals surface area contributed by atoms with Crippen molar-refractivity contribution < 1.29 is 0 Å². The number of nitrogens with one attached hydrogen (secondary N) is 3. The topological polar surface area (TPSA) is 81.8 Å². The molecule has 3 heterocycles. The zero-order valence-electron chi connectivity index (χ0n) is 12.7. The number of hydrogen-bond acceptors (Lipinski definition) is 6. The van der Waals surface area contributed by atoms with Crippen LogP contribution in [0.3, 0.4) is 0 Å². The van der Waals surface area contributed by atoms with Crippen LogP contribution in [0, 0.1) is 5.92 Å². The molecule has 0 saturated carbocycles. The van der Waals surface area contributed by atoms with Gasteiger partial charge in [0.1, 0.15) is 5.52 Å². The summed E-state index contributed by atoms with van der Waals surface area (Å²) >= 11 is 0. The number of fused-ring (bicyclic) bond motifs is 1. The minimum Gasteiger partial charge on any atom is -0.368 e. The van der Waals surface area contributed by atoms with Gasteiger partial charge in [0.05, 0.1) is 6.33 Å². The normalized spacial score (nSPS) is 19.2. The van der Waals surface area contributed by atoms with E-state index in [1.165, 1.54) is 13.0 Å². The predicted octanol–water partition coefficient (Wildman–Crippen LogP) is 1.54. The summed E-state index contributed by atoms with van der Waals surface area (Å²) < 4.78 is 0. The molecule has 0 amide bonds. The van der Waals surface area contributed by atoms with E-state index in [1.807, 2.05) is 0 Å². The number of nitrogens with zero attached hydrogens (tertiary/aromatic N) is 4. The molecule has 1 aliphatic heterocycles. The van der Waals surface area contributed by atoms with Gasteiger partial charge >= 0.3 is 0 Å². The molecule has 21 heavy (non-hydrogen) atoms. The first-order chi connectivity index (χ1) is 10.3. The summed E-state index contributed by atoms with van der Waals surface area (Å²) in [7, 11) is 2.17. The van der Waals surface area contributed by atoms with Crippen molar-refractivity contribution >= 4 is 22.9 Å². The van der Waals surface area contributed by atoms with Crippen LogP contribution in [0.4, 0.5) is 11.8 Å². The maximum Gasteiger partial charge on any atom is 0.226 e. The van der Waals surface area contributed by atoms with Crippen LogP contribution in [0.1, 0.15) is 19.8 Å². The fraction of sp³-hybridized carbons (Fsp3) is 0.643. The van der Waals surface area contributed by atoms with Crippen molar-refractivity contribution in [2.75, 3.05) is 43.9 Å². The molecule has 7 nitrogen and oxygen atoms in total. The fourth-order valence-corrected chi connectivity index (χ4v) is 2.71. The van der Waals surface area contributed by atoms with Gasteiger partial charge in [0, 0.05) is 19.6 Å². The first kappa shape index (κ1) is 14.1. The van der Waals surface area contributed by atoms with Crippen molar-refractivity contribution in [3.63, 3.8) is 0 Å². The Bertz CT molecular complexity index is 594. The van der Waals surface area contributed by atoms with E-state index in [9.17, 15) is 0 Å². The molecule has 1 atom stereocenters. The zero-order chi connectivity index (χ0) is 14.7. The van der Waals surface area contributed by atoms with Crippen molar-refractivity contribution in [2.45, 2.75) is 19.8 Å². The van der Waals surface area contributed by atoms with E-state index in [1.54, 1.807) is 6.33 Å². The van der Waals surface area contributed by atoms with Crippen molar-refractivity contribution in [3.8, 4) is 0 Å². The lowest BCUT2D eigenvalue weighted by atomic mass is 10.1. The fourth-order valence-electron chi connectivity index (χ4n) is 2.71. The lowest BCUT2D eigenvalue weighted by Gasteiger charge is -2.13. The Kier molecular flexibility index (Phi) is 4.19. The molecule has 3 rings (SSSR count). The summed E-state index contributed by atoms with van der Waals surface area (Å²) in [5.41, 5.74) is 1.58. The molecule has 2 aromatic heterocycles. The number of H-pyrrole nitrogens is 1. The quantitative estimate of drug-likeness (QED) is 0.748. The van der Waals surface area contributed by atoms with Crippen LogP contribution < -0.4 is 10.6 Å². The molecule has 2 aromatic rings. The average Bonchev–Trinajstić information content (AvgIpc) is 3.11. The number of anilines is 2. The molecule has 7 heteroatoms. The summed E-state index contributed by atoms with van der Waals surface area (Å²) in [4.78, 5) is 18.7. The molecule has 114 valence electrons. The van der Waals surface area contributed by atoms with Crippen LogP contribution in [0.2, 0.25) is 0 Å². The Hall–Kier alpha value is -1.89. The molecule has 1 aliphatic rings. The highest BCUT2D eigenvalue weighted by Crippen LogP contribution is 2.20. The van der Waals surface area contributed by atoms with Gasteiger partial charge < -0.3 is 20.5 Å². The molecule has 0 aromatic carbocycles. The molecular weight excluding hydrogens is 266 g/mol. The lowest BCUT2D eigenvalue weighted by Crippen LogP contribution is -2.20. The third-order valence-corrected chi connectivity index (χ3v) is 3.87. The zero-order valence-corrected chi connectivity index (χ0v) is 12.7. The van der Waals surface area contributed by atoms with Gasteiger partial charge in [-0.3, -0.25) is 0 Å². The van der Waals surface area contributed by atoms with Gasteiger partial charge in [0.25, 0.3) is 0 Å². The van der Waals surface area contributed by atoms with Crippen molar-refractivity contribution in [2.24, 2.45) is 5.92 Å². The summed E-state index contributed by atoms with van der Waals surface area (Å²) in [5.74, 6) is 2.16. The molecule has 0 aliphatic carbocycles. The molecule has 3 N–H and O–H groups in total. The molecule has 1 unspecified atom stereocenters. The van der Waals surface area contributed by atoms with Gasteiger partial charge in [-0.05, 0) is 32.4 Å². The molecule has 1 saturated heterocycles. The van der Waals surface area contributed by atoms with E-state index in [0.717, 1.165) is 37.4 Å². The Labute approximate surface area is 124 Å². The standard InChI is InChI=1S/C14H23N7/c1-3-5-15-14-19-12(11-13(20-14)18-9-17-11)16-7-10-4-6-21(2)8-10/h9-10H,3-8H2,1-2H3,(H3,15,16,17,18,19,20). The second kappa shape index (κ2) is 6.26. The summed E-state index contributed by atoms with van der Waals surface area (Å²) in [5, 5.41) is 6.69. The number of aromatic nitrogens is 4. The Morgan fingerprint density at radius 3 is 3.05 bits per heavy atom. The van der Waals surface area contributed by atoms with Crippen molar-refractivity contribution in [3.05, 3.63) is 6.33 Å². The minimum absolute atomic E-state index is 0.641. The summed E-state index contributed by atoms with van der Waals surface area (Å²) in [6.45, 7) is 6.24. The second-order valence-corrected chi connectivity index (χ2v) is 5.72. The van der Waals surface area contributed by atoms with Crippen LogP contribution in [-0.2, 0) is 0 Å². The predicted molar refractivity (Wildman–Crippen MR) is 84.6 cm³/mol. The van der Waals surface area contributed by atoms with E-state index in [-0.39, 0.29) is 0 Å². The first-order valence-corrected chi connectivity index (χ1v) is 7.63. The summed E-state index contributed by atoms with van der Waals surface area (Å²) in [6.07, 6.45) is 3.94. The number of imidazole rings is 1. The molecular formula is C14H23N7. The molecule has 0 spiro atoms. The Morgan fingerprint density at radius 2 is 2.29 bits per heavy atom. The highest BCUT2D eigenvalue weighted by atomic mass is 15.2. The Morgan fingerprint density at radius 1 is 1.38 bits per heavy atom. The van der Waals surface area contributed by atoms with Crippen LogP contribution in [-0.4, -0.2) is 58.1 Å². The van der Waals surface area contributed by atoms with Gasteiger partial charge in [-0.1, -0.05) is 6.92 Å². The number of aromatic amines is 1. The van der Waals surface area contributed by atoms with Crippen LogP contribution >= 0.6 is 0 Å². The van der Waals surface area contributed by atoms with Gasteiger partial charge in [-0.15, -0.1) is 0 Å². The lowest BCUT2D eigenvalue weighted by molar-refractivity contribution is 0.399. The van der Waals surface area contributed by atoms with Crippen LogP contribution in [0.15, 0.2) is 6.33 Å². The monoisotopic (exact) mass is 289 g/mol. The Balaban J connectivity index is 1.74. The van der Waals surface area contributed by atoms with Gasteiger partial charge in [-0.2, -0.15) is 9.97 Å². The maximum atomic E-state index is 4.57. The van der Waals surface area contributed by atoms with Gasteiger partial charge in [0.2, 0.25) is 5.95 Å². The van der Waals surface area contributed by atoms with Crippen LogP contribution in [0.25, 0.3) is 11.2 Å². The largest absolute Gasteiger partial charge is 0.368 e. The summed E-state index contributed by atoms with van der Waals surface area (Å²) in [6, 6.07) is 0. The van der Waals surface area contributed by atoms with Crippen LogP contribution in [0.5, 0.6) is 0 Å². The van der Waals surface area contributed by atoms with Crippen molar-refractivity contribution in [1.82, 2.24) is 24.8 Å². The molecule has 0 radical (unpaired) electrons. The minimum atomic E-state index is 0.641. The maximum absolute atomic E-state index is 4.57. The highest BCUT2D eigenvalue weighted by molar-refractivity contribution is 5.83. The SMILES string of the molecule is CCCNc1nc(NCC2CCN(C)C2)c2[nH]cnc2n1. The highest BCUT2D eigenvalue weighted by Gasteiger charge is 2.20. The molecule has 1 fully saturated rings. The van der Waals surface area contributed by atoms with E-state index in [2.05, 4.69) is 49.4 Å². The van der Waals surface area contributed by atoms with E-state index < -0.39 is 0 Å². The average molecular weight is 289 g/mol. The van der Waals surface area contributed by atoms with E-state index in [0.29, 0.717) is 17.5 Å². The van der Waals surface area contributed by atoms with Gasteiger partial charge in [0.15, 0.2) is 11.5 Å². The third kappa shape index (κ3) is 3.24.